The molecule has 0 aliphatic carbocycles. The quantitative estimate of drug-likeness (QED) is 0.420. The molecule has 0 radical (unpaired) electrons. The number of aliphatic hydroxyl groups excluding tert-OH is 1. The third-order valence-corrected chi connectivity index (χ3v) is 7.81. The highest BCUT2D eigenvalue weighted by Crippen LogP contribution is 2.50. The van der Waals surface area contributed by atoms with Gasteiger partial charge in [0.15, 0.2) is 0 Å². The van der Waals surface area contributed by atoms with E-state index >= 15 is 0 Å². The molecule has 2 unspecified atom stereocenters. The first-order valence-electron chi connectivity index (χ1n) is 10.4. The fourth-order valence-corrected chi connectivity index (χ4v) is 5.66. The first-order valence-corrected chi connectivity index (χ1v) is 11.4. The van der Waals surface area contributed by atoms with Crippen LogP contribution in [0.4, 0.5) is 0 Å². The van der Waals surface area contributed by atoms with E-state index in [1.165, 1.54) is 16.4 Å². The molecular formula is C26H31O2P. The highest BCUT2D eigenvalue weighted by molar-refractivity contribution is 7.48. The summed E-state index contributed by atoms with van der Waals surface area (Å²) in [7, 11) is 0.562. The van der Waals surface area contributed by atoms with Crippen LogP contribution in [0, 0.1) is 0 Å². The smallest absolute Gasteiger partial charge is 0.123 e. The third-order valence-electron chi connectivity index (χ3n) is 5.63. The highest BCUT2D eigenvalue weighted by atomic mass is 31.1. The van der Waals surface area contributed by atoms with Crippen LogP contribution in [0.5, 0.6) is 5.75 Å². The fraction of sp³-hybridized carbons (Fsp3) is 0.308. The molecule has 2 atom stereocenters. The lowest BCUT2D eigenvalue weighted by Gasteiger charge is -2.35. The Labute approximate surface area is 176 Å². The Hall–Kier alpha value is -2.15. The maximum Gasteiger partial charge on any atom is 0.123 e. The zero-order valence-corrected chi connectivity index (χ0v) is 18.6. The van der Waals surface area contributed by atoms with E-state index < -0.39 is 6.10 Å². The lowest BCUT2D eigenvalue weighted by molar-refractivity contribution is 0.200. The monoisotopic (exact) mass is 406 g/mol. The summed E-state index contributed by atoms with van der Waals surface area (Å²) < 4.78 is 6.30. The molecular weight excluding hydrogens is 375 g/mol. The molecule has 0 aliphatic heterocycles. The van der Waals surface area contributed by atoms with Crippen molar-refractivity contribution in [1.29, 1.82) is 0 Å². The average Bonchev–Trinajstić information content (AvgIpc) is 2.77. The molecule has 3 aromatic carbocycles. The van der Waals surface area contributed by atoms with Crippen LogP contribution in [0.3, 0.4) is 0 Å². The standard InChI is InChI=1S/C26H31O2P/c1-4-26(5-2,29-25-18-12-9-15-22(25)20(3)27)23-16-10-11-17-24(23)28-19-21-13-7-6-8-14-21/h6-18,20,27,29H,4-5,19H2,1-3H3. The van der Waals surface area contributed by atoms with Crippen molar-refractivity contribution in [3.63, 3.8) is 0 Å². The van der Waals surface area contributed by atoms with Crippen LogP contribution in [-0.4, -0.2) is 5.11 Å². The third kappa shape index (κ3) is 5.07. The number of benzene rings is 3. The fourth-order valence-electron chi connectivity index (χ4n) is 3.83. The first kappa shape index (κ1) is 21.6. The average molecular weight is 407 g/mol. The Kier molecular flexibility index (Phi) is 7.47. The van der Waals surface area contributed by atoms with Crippen molar-refractivity contribution >= 4 is 13.9 Å². The molecule has 0 spiro atoms. The Morgan fingerprint density at radius 1 is 0.862 bits per heavy atom. The van der Waals surface area contributed by atoms with Gasteiger partial charge in [0, 0.05) is 10.7 Å². The normalized spacial score (nSPS) is 13.0. The zero-order chi connectivity index (χ0) is 20.7. The minimum Gasteiger partial charge on any atom is -0.489 e. The van der Waals surface area contributed by atoms with Gasteiger partial charge in [-0.25, -0.2) is 0 Å². The van der Waals surface area contributed by atoms with Crippen LogP contribution >= 0.6 is 8.58 Å². The Balaban J connectivity index is 1.95. The number of hydrogen-bond donors (Lipinski definition) is 1. The maximum atomic E-state index is 10.3. The summed E-state index contributed by atoms with van der Waals surface area (Å²) >= 11 is 0. The summed E-state index contributed by atoms with van der Waals surface area (Å²) in [6, 6.07) is 27.0. The SMILES string of the molecule is CCC(CC)(Pc1ccccc1C(C)O)c1ccccc1OCc1ccccc1. The van der Waals surface area contributed by atoms with Gasteiger partial charge in [-0.1, -0.05) is 95.2 Å². The lowest BCUT2D eigenvalue weighted by Crippen LogP contribution is -2.24. The van der Waals surface area contributed by atoms with E-state index in [1.54, 1.807) is 0 Å². The molecule has 0 aromatic heterocycles. The Bertz CT molecular complexity index is 901. The zero-order valence-electron chi connectivity index (χ0n) is 17.6. The number of ether oxygens (including phenoxy) is 1. The summed E-state index contributed by atoms with van der Waals surface area (Å²) in [5.41, 5.74) is 3.46. The van der Waals surface area contributed by atoms with Crippen molar-refractivity contribution in [2.45, 2.75) is 51.5 Å². The molecule has 3 aromatic rings. The van der Waals surface area contributed by atoms with E-state index in [9.17, 15) is 5.11 Å². The summed E-state index contributed by atoms with van der Waals surface area (Å²) in [5.74, 6) is 0.960. The van der Waals surface area contributed by atoms with Crippen molar-refractivity contribution < 1.29 is 9.84 Å². The van der Waals surface area contributed by atoms with Crippen molar-refractivity contribution in [1.82, 2.24) is 0 Å². The van der Waals surface area contributed by atoms with Crippen LogP contribution < -0.4 is 10.0 Å². The van der Waals surface area contributed by atoms with Gasteiger partial charge in [-0.2, -0.15) is 0 Å². The van der Waals surface area contributed by atoms with Crippen LogP contribution in [0.15, 0.2) is 78.9 Å². The topological polar surface area (TPSA) is 29.5 Å². The molecule has 0 saturated heterocycles. The second kappa shape index (κ2) is 10.1. The molecule has 3 rings (SSSR count). The molecule has 0 bridgehead atoms. The van der Waals surface area contributed by atoms with Gasteiger partial charge in [-0.3, -0.25) is 0 Å². The number of rotatable bonds is 9. The lowest BCUT2D eigenvalue weighted by atomic mass is 9.92. The first-order chi connectivity index (χ1) is 14.1. The molecule has 2 nitrogen and oxygen atoms in total. The predicted octanol–water partition coefficient (Wildman–Crippen LogP) is 6.34. The molecule has 0 amide bonds. The molecule has 152 valence electrons. The molecule has 0 fully saturated rings. The summed E-state index contributed by atoms with van der Waals surface area (Å²) in [4.78, 5) is 0. The van der Waals surface area contributed by atoms with Gasteiger partial charge in [0.25, 0.3) is 0 Å². The molecule has 0 aliphatic rings. The minimum absolute atomic E-state index is 0.0156. The van der Waals surface area contributed by atoms with E-state index in [1.807, 2.05) is 43.3 Å². The minimum atomic E-state index is -0.463. The van der Waals surface area contributed by atoms with Crippen LogP contribution in [0.1, 0.15) is 56.4 Å². The Morgan fingerprint density at radius 2 is 1.48 bits per heavy atom. The molecule has 29 heavy (non-hydrogen) atoms. The Morgan fingerprint density at radius 3 is 2.17 bits per heavy atom. The maximum absolute atomic E-state index is 10.3. The highest BCUT2D eigenvalue weighted by Gasteiger charge is 2.32. The van der Waals surface area contributed by atoms with Crippen LogP contribution in [0.2, 0.25) is 0 Å². The van der Waals surface area contributed by atoms with Gasteiger partial charge >= 0.3 is 0 Å². The molecule has 0 saturated carbocycles. The van der Waals surface area contributed by atoms with Crippen molar-refractivity contribution in [2.75, 3.05) is 0 Å². The van der Waals surface area contributed by atoms with E-state index in [0.29, 0.717) is 15.2 Å². The second-order valence-corrected chi connectivity index (χ2v) is 9.19. The van der Waals surface area contributed by atoms with Gasteiger partial charge in [-0.15, -0.1) is 0 Å². The van der Waals surface area contributed by atoms with Gasteiger partial charge in [0.1, 0.15) is 12.4 Å². The summed E-state index contributed by atoms with van der Waals surface area (Å²) in [6.45, 7) is 6.93. The van der Waals surface area contributed by atoms with Gasteiger partial charge in [0.05, 0.1) is 6.10 Å². The predicted molar refractivity (Wildman–Crippen MR) is 125 cm³/mol. The van der Waals surface area contributed by atoms with Crippen molar-refractivity contribution in [2.24, 2.45) is 0 Å². The summed E-state index contributed by atoms with van der Waals surface area (Å²) in [6.07, 6.45) is 1.57. The van der Waals surface area contributed by atoms with Crippen LogP contribution in [-0.2, 0) is 11.8 Å². The number of hydrogen-bond acceptors (Lipinski definition) is 2. The van der Waals surface area contributed by atoms with Gasteiger partial charge in [-0.05, 0) is 42.3 Å². The van der Waals surface area contributed by atoms with Crippen molar-refractivity contribution in [3.8, 4) is 5.75 Å². The van der Waals surface area contributed by atoms with E-state index in [0.717, 1.165) is 24.2 Å². The van der Waals surface area contributed by atoms with Crippen LogP contribution in [0.25, 0.3) is 0 Å². The van der Waals surface area contributed by atoms with E-state index in [-0.39, 0.29) is 5.16 Å². The molecule has 1 N–H and O–H groups in total. The van der Waals surface area contributed by atoms with E-state index in [2.05, 4.69) is 56.3 Å². The van der Waals surface area contributed by atoms with Crippen molar-refractivity contribution in [3.05, 3.63) is 95.6 Å². The van der Waals surface area contributed by atoms with E-state index in [4.69, 9.17) is 4.74 Å². The molecule has 0 heterocycles. The second-order valence-electron chi connectivity index (χ2n) is 7.45. The van der Waals surface area contributed by atoms with Gasteiger partial charge in [0.2, 0.25) is 0 Å². The summed E-state index contributed by atoms with van der Waals surface area (Å²) in [5, 5.41) is 11.5. The number of para-hydroxylation sites is 1. The molecule has 3 heteroatoms. The number of aliphatic hydroxyl groups is 1. The van der Waals surface area contributed by atoms with Gasteiger partial charge < -0.3 is 9.84 Å². The largest absolute Gasteiger partial charge is 0.489 e.